The molecule has 0 saturated carbocycles. The maximum Gasteiger partial charge on any atom is 0.135 e. The summed E-state index contributed by atoms with van der Waals surface area (Å²) < 4.78 is 6.61. The van der Waals surface area contributed by atoms with Gasteiger partial charge in [-0.05, 0) is 65.2 Å². The zero-order valence-electron chi connectivity index (χ0n) is 28.9. The zero-order chi connectivity index (χ0) is 35.1. The molecule has 0 unspecified atom stereocenters. The average molecular weight is 786 g/mol. The standard InChI is InChI=1S/C48H31N4O.Pd/c1-3-14-34(15-4-1)35-25-28-44-43(30-35)41-21-8-7-20-40(41)42-27-26-39(32-47(42)52(44)48-24-11-12-29-49-48)53-38-19-13-18-37(31-38)51-33-50(36-16-5-2-6-17-36)45-22-9-10-23-46(45)51;/h1-30,33H;/q-3;. The fraction of sp³-hybridized carbons (Fsp3) is 0. The van der Waals surface area contributed by atoms with Gasteiger partial charge in [-0.3, -0.25) is 0 Å². The quantitative estimate of drug-likeness (QED) is 0.124. The van der Waals surface area contributed by atoms with Gasteiger partial charge < -0.3 is 19.4 Å². The number of aromatic nitrogens is 1. The van der Waals surface area contributed by atoms with Gasteiger partial charge >= 0.3 is 0 Å². The maximum atomic E-state index is 6.61. The Balaban J connectivity index is 0.00000384. The van der Waals surface area contributed by atoms with Gasteiger partial charge in [0.25, 0.3) is 0 Å². The van der Waals surface area contributed by atoms with Gasteiger partial charge in [0, 0.05) is 60.7 Å². The van der Waals surface area contributed by atoms with E-state index >= 15 is 0 Å². The van der Waals surface area contributed by atoms with Crippen molar-refractivity contribution in [1.82, 2.24) is 4.98 Å². The van der Waals surface area contributed by atoms with E-state index in [1.165, 1.54) is 5.56 Å². The Hall–Kier alpha value is -6.45. The first-order chi connectivity index (χ1) is 26.3. The SMILES string of the molecule is [Pd].[c-]1c(Oc2[c-]c3c(cc2)-c2ccccc2-c2cc(-c4ccccc4)ccc2N3c2ccccn2)cccc1N1[CH-]N(c2ccccc2)c2ccccc21. The summed E-state index contributed by atoms with van der Waals surface area (Å²) in [5.41, 5.74) is 12.8. The molecule has 10 rings (SSSR count). The molecule has 2 aliphatic heterocycles. The molecular formula is C48H31N4OPd-3. The third-order valence-corrected chi connectivity index (χ3v) is 9.75. The van der Waals surface area contributed by atoms with Crippen molar-refractivity contribution >= 4 is 39.9 Å². The molecule has 0 bridgehead atoms. The van der Waals surface area contributed by atoms with Gasteiger partial charge in [0.05, 0.1) is 5.69 Å². The van der Waals surface area contributed by atoms with Crippen molar-refractivity contribution in [2.45, 2.75) is 0 Å². The molecule has 3 heterocycles. The minimum Gasteiger partial charge on any atom is -0.509 e. The average Bonchev–Trinajstić information content (AvgIpc) is 3.57. The van der Waals surface area contributed by atoms with Crippen molar-refractivity contribution in [3.63, 3.8) is 0 Å². The summed E-state index contributed by atoms with van der Waals surface area (Å²) in [7, 11) is 0. The van der Waals surface area contributed by atoms with Crippen LogP contribution in [0.25, 0.3) is 33.4 Å². The van der Waals surface area contributed by atoms with Gasteiger partial charge in [-0.15, -0.1) is 48.3 Å². The molecule has 0 aliphatic carbocycles. The Bertz CT molecular complexity index is 2600. The molecule has 0 fully saturated rings. The van der Waals surface area contributed by atoms with Gasteiger partial charge in [-0.25, -0.2) is 4.98 Å². The smallest absolute Gasteiger partial charge is 0.135 e. The van der Waals surface area contributed by atoms with E-state index < -0.39 is 0 Å². The van der Waals surface area contributed by atoms with E-state index in [1.54, 1.807) is 0 Å². The minimum atomic E-state index is 0. The van der Waals surface area contributed by atoms with E-state index in [2.05, 4.69) is 167 Å². The first-order valence-electron chi connectivity index (χ1n) is 17.6. The normalized spacial score (nSPS) is 12.5. The van der Waals surface area contributed by atoms with Crippen LogP contribution < -0.4 is 19.4 Å². The Kier molecular flexibility index (Phi) is 8.77. The van der Waals surface area contributed by atoms with Crippen molar-refractivity contribution in [2.75, 3.05) is 14.7 Å². The first kappa shape index (κ1) is 33.4. The van der Waals surface area contributed by atoms with E-state index in [0.29, 0.717) is 11.5 Å². The number of fused-ring (bicyclic) bond motifs is 6. The molecule has 5 nitrogen and oxygen atoms in total. The number of hydrogen-bond donors (Lipinski definition) is 0. The van der Waals surface area contributed by atoms with Crippen molar-refractivity contribution in [3.05, 3.63) is 201 Å². The number of rotatable bonds is 6. The largest absolute Gasteiger partial charge is 0.509 e. The maximum absolute atomic E-state index is 6.61. The molecule has 8 aromatic rings. The number of para-hydroxylation sites is 3. The molecular weight excluding hydrogens is 755 g/mol. The van der Waals surface area contributed by atoms with Crippen LogP contribution >= 0.6 is 0 Å². The third-order valence-electron chi connectivity index (χ3n) is 9.75. The van der Waals surface area contributed by atoms with E-state index in [0.717, 1.165) is 67.8 Å². The fourth-order valence-corrected chi connectivity index (χ4v) is 7.32. The summed E-state index contributed by atoms with van der Waals surface area (Å²) in [6.45, 7) is 2.10. The van der Waals surface area contributed by atoms with Gasteiger partial charge in [0.2, 0.25) is 0 Å². The van der Waals surface area contributed by atoms with Crippen molar-refractivity contribution in [1.29, 1.82) is 0 Å². The molecule has 0 radical (unpaired) electrons. The molecule has 54 heavy (non-hydrogen) atoms. The summed E-state index contributed by atoms with van der Waals surface area (Å²) in [4.78, 5) is 11.4. The molecule has 2 aliphatic rings. The van der Waals surface area contributed by atoms with Crippen LogP contribution in [0.1, 0.15) is 0 Å². The second-order valence-corrected chi connectivity index (χ2v) is 12.9. The number of hydrogen-bond acceptors (Lipinski definition) is 5. The predicted octanol–water partition coefficient (Wildman–Crippen LogP) is 12.7. The van der Waals surface area contributed by atoms with Gasteiger partial charge in [0.1, 0.15) is 5.82 Å². The van der Waals surface area contributed by atoms with E-state index in [9.17, 15) is 0 Å². The summed E-state index contributed by atoms with van der Waals surface area (Å²) in [6.07, 6.45) is 1.83. The molecule has 0 amide bonds. The molecule has 0 saturated heterocycles. The van der Waals surface area contributed by atoms with Crippen LogP contribution in [0.2, 0.25) is 0 Å². The van der Waals surface area contributed by atoms with Gasteiger partial charge in [0.15, 0.2) is 0 Å². The molecule has 7 aromatic carbocycles. The molecule has 1 aromatic heterocycles. The van der Waals surface area contributed by atoms with Crippen LogP contribution in [-0.2, 0) is 20.4 Å². The van der Waals surface area contributed by atoms with Crippen LogP contribution in [0.15, 0.2) is 182 Å². The molecule has 6 heteroatoms. The van der Waals surface area contributed by atoms with Crippen molar-refractivity contribution in [2.24, 2.45) is 0 Å². The van der Waals surface area contributed by atoms with Crippen molar-refractivity contribution in [3.8, 4) is 44.9 Å². The fourth-order valence-electron chi connectivity index (χ4n) is 7.32. The molecule has 0 spiro atoms. The Morgan fingerprint density at radius 2 is 1.17 bits per heavy atom. The van der Waals surface area contributed by atoms with Crippen LogP contribution in [0.5, 0.6) is 11.5 Å². The predicted molar refractivity (Wildman–Crippen MR) is 214 cm³/mol. The van der Waals surface area contributed by atoms with Crippen LogP contribution in [0, 0.1) is 18.8 Å². The van der Waals surface area contributed by atoms with Crippen LogP contribution in [0.3, 0.4) is 0 Å². The number of nitrogens with zero attached hydrogens (tertiary/aromatic N) is 4. The Morgan fingerprint density at radius 3 is 1.94 bits per heavy atom. The minimum absolute atomic E-state index is 0. The Morgan fingerprint density at radius 1 is 0.481 bits per heavy atom. The summed E-state index contributed by atoms with van der Waals surface area (Å²) in [6, 6.07) is 67.8. The first-order valence-corrected chi connectivity index (χ1v) is 17.6. The van der Waals surface area contributed by atoms with Crippen LogP contribution in [0.4, 0.5) is 39.9 Å². The number of anilines is 7. The molecule has 0 atom stereocenters. The number of benzene rings is 7. The second-order valence-electron chi connectivity index (χ2n) is 12.9. The number of ether oxygens (including phenoxy) is 1. The van der Waals surface area contributed by atoms with Gasteiger partial charge in [-0.1, -0.05) is 108 Å². The topological polar surface area (TPSA) is 31.8 Å². The monoisotopic (exact) mass is 785 g/mol. The van der Waals surface area contributed by atoms with Crippen LogP contribution in [-0.4, -0.2) is 4.98 Å². The van der Waals surface area contributed by atoms with E-state index in [4.69, 9.17) is 9.72 Å². The van der Waals surface area contributed by atoms with E-state index in [-0.39, 0.29) is 20.4 Å². The number of pyridine rings is 1. The second kappa shape index (κ2) is 14.2. The van der Waals surface area contributed by atoms with Crippen molar-refractivity contribution < 1.29 is 25.2 Å². The summed E-state index contributed by atoms with van der Waals surface area (Å²) in [5.74, 6) is 1.97. The summed E-state index contributed by atoms with van der Waals surface area (Å²) in [5, 5.41) is 0. The van der Waals surface area contributed by atoms with E-state index in [1.807, 2.05) is 48.7 Å². The molecule has 262 valence electrons. The summed E-state index contributed by atoms with van der Waals surface area (Å²) >= 11 is 0. The zero-order valence-corrected chi connectivity index (χ0v) is 30.5. The Labute approximate surface area is 329 Å². The van der Waals surface area contributed by atoms with Gasteiger partial charge in [-0.2, -0.15) is 12.1 Å². The molecule has 0 N–H and O–H groups in total. The third kappa shape index (κ3) is 5.92.